The van der Waals surface area contributed by atoms with E-state index in [-0.39, 0.29) is 22.7 Å². The highest BCUT2D eigenvalue weighted by Gasteiger charge is 2.43. The van der Waals surface area contributed by atoms with Crippen molar-refractivity contribution in [1.29, 1.82) is 5.26 Å². The highest BCUT2D eigenvalue weighted by Crippen LogP contribution is 2.48. The molecule has 23 heavy (non-hydrogen) atoms. The van der Waals surface area contributed by atoms with Crippen LogP contribution in [0.3, 0.4) is 0 Å². The van der Waals surface area contributed by atoms with Crippen molar-refractivity contribution in [3.05, 3.63) is 57.6 Å². The van der Waals surface area contributed by atoms with E-state index >= 15 is 0 Å². The van der Waals surface area contributed by atoms with Crippen LogP contribution in [-0.4, -0.2) is 5.78 Å². The normalized spacial score (nSPS) is 23.2. The maximum absolute atomic E-state index is 12.8. The maximum Gasteiger partial charge on any atom is 0.205 e. The molecule has 1 aromatic carbocycles. The largest absolute Gasteiger partial charge is 0.444 e. The zero-order valence-electron chi connectivity index (χ0n) is 13.0. The summed E-state index contributed by atoms with van der Waals surface area (Å²) in [4.78, 5) is 12.8. The Morgan fingerprint density at radius 1 is 1.35 bits per heavy atom. The summed E-state index contributed by atoms with van der Waals surface area (Å²) >= 11 is 6.31. The summed E-state index contributed by atoms with van der Waals surface area (Å²) in [7, 11) is 0. The molecule has 0 saturated carbocycles. The number of nitrogens with two attached hydrogens (primary N) is 1. The van der Waals surface area contributed by atoms with E-state index in [2.05, 4.69) is 6.07 Å². The predicted molar refractivity (Wildman–Crippen MR) is 87.2 cm³/mol. The Morgan fingerprint density at radius 3 is 2.70 bits per heavy atom. The lowest BCUT2D eigenvalue weighted by Crippen LogP contribution is -2.33. The molecule has 2 N–H and O–H groups in total. The fraction of sp³-hybridized carbons (Fsp3) is 0.333. The van der Waals surface area contributed by atoms with Gasteiger partial charge in [0.15, 0.2) is 5.78 Å². The topological polar surface area (TPSA) is 76.1 Å². The van der Waals surface area contributed by atoms with E-state index in [9.17, 15) is 10.1 Å². The molecule has 0 unspecified atom stereocenters. The number of benzene rings is 1. The van der Waals surface area contributed by atoms with Crippen LogP contribution in [-0.2, 0) is 9.53 Å². The highest BCUT2D eigenvalue weighted by atomic mass is 35.5. The predicted octanol–water partition coefficient (Wildman–Crippen LogP) is 3.79. The summed E-state index contributed by atoms with van der Waals surface area (Å²) in [6, 6.07) is 9.30. The summed E-state index contributed by atoms with van der Waals surface area (Å²) in [6.07, 6.45) is 1.02. The van der Waals surface area contributed by atoms with Crippen molar-refractivity contribution in [2.24, 2.45) is 11.1 Å². The Labute approximate surface area is 140 Å². The van der Waals surface area contributed by atoms with Gasteiger partial charge in [0.2, 0.25) is 5.88 Å². The third-order valence-electron chi connectivity index (χ3n) is 4.29. The van der Waals surface area contributed by atoms with Gasteiger partial charge in [0.05, 0.1) is 5.92 Å². The van der Waals surface area contributed by atoms with Crippen LogP contribution in [0, 0.1) is 16.7 Å². The molecule has 0 bridgehead atoms. The average molecular weight is 329 g/mol. The molecule has 0 fully saturated rings. The van der Waals surface area contributed by atoms with Gasteiger partial charge in [0.1, 0.15) is 17.4 Å². The number of hydrogen-bond acceptors (Lipinski definition) is 4. The van der Waals surface area contributed by atoms with Crippen molar-refractivity contribution >= 4 is 17.4 Å². The standard InChI is InChI=1S/C18H17ClN2O2/c1-18(2)7-13(22)16-14(8-18)23-17(21)11(9-20)15(16)10-5-3-4-6-12(10)19/h3-6,15H,7-8,21H2,1-2H3/t15-/m1/s1. The lowest BCUT2D eigenvalue weighted by molar-refractivity contribution is -0.119. The Balaban J connectivity index is 2.22. The Morgan fingerprint density at radius 2 is 2.04 bits per heavy atom. The summed E-state index contributed by atoms with van der Waals surface area (Å²) in [6.45, 7) is 4.03. The number of rotatable bonds is 1. The zero-order valence-corrected chi connectivity index (χ0v) is 13.8. The van der Waals surface area contributed by atoms with Crippen LogP contribution in [0.25, 0.3) is 0 Å². The second kappa shape index (κ2) is 5.43. The molecule has 0 aromatic heterocycles. The Bertz CT molecular complexity index is 799. The summed E-state index contributed by atoms with van der Waals surface area (Å²) in [5.74, 6) is 0.0526. The van der Waals surface area contributed by atoms with E-state index in [0.717, 1.165) is 0 Å². The van der Waals surface area contributed by atoms with Gasteiger partial charge in [-0.2, -0.15) is 5.26 Å². The number of carbonyl (C=O) groups excluding carboxylic acids is 1. The molecule has 1 aliphatic carbocycles. The highest BCUT2D eigenvalue weighted by molar-refractivity contribution is 6.31. The fourth-order valence-electron chi connectivity index (χ4n) is 3.30. The quantitative estimate of drug-likeness (QED) is 0.850. The van der Waals surface area contributed by atoms with Gasteiger partial charge in [-0.3, -0.25) is 4.79 Å². The van der Waals surface area contributed by atoms with Crippen molar-refractivity contribution in [3.8, 4) is 6.07 Å². The second-order valence-corrected chi connectivity index (χ2v) is 7.13. The molecule has 0 amide bonds. The Hall–Kier alpha value is -2.25. The fourth-order valence-corrected chi connectivity index (χ4v) is 3.55. The molecule has 118 valence electrons. The summed E-state index contributed by atoms with van der Waals surface area (Å²) in [5.41, 5.74) is 7.23. The first-order valence-electron chi connectivity index (χ1n) is 7.42. The van der Waals surface area contributed by atoms with E-state index in [0.29, 0.717) is 34.8 Å². The van der Waals surface area contributed by atoms with Crippen LogP contribution in [0.1, 0.15) is 38.2 Å². The first-order chi connectivity index (χ1) is 10.8. The lowest BCUT2D eigenvalue weighted by atomic mass is 9.70. The maximum atomic E-state index is 12.8. The van der Waals surface area contributed by atoms with E-state index < -0.39 is 5.92 Å². The minimum atomic E-state index is -0.555. The number of carbonyl (C=O) groups is 1. The zero-order chi connectivity index (χ0) is 16.8. The van der Waals surface area contributed by atoms with Crippen LogP contribution < -0.4 is 5.73 Å². The van der Waals surface area contributed by atoms with E-state index in [1.54, 1.807) is 6.07 Å². The minimum Gasteiger partial charge on any atom is -0.444 e. The molecule has 0 radical (unpaired) electrons. The molecular weight excluding hydrogens is 312 g/mol. The molecule has 1 heterocycles. The molecule has 2 aliphatic rings. The van der Waals surface area contributed by atoms with Gasteiger partial charge >= 0.3 is 0 Å². The number of nitrogens with zero attached hydrogens (tertiary/aromatic N) is 1. The third kappa shape index (κ3) is 2.62. The van der Waals surface area contributed by atoms with E-state index in [1.165, 1.54) is 0 Å². The number of nitriles is 1. The van der Waals surface area contributed by atoms with Gasteiger partial charge in [0, 0.05) is 23.4 Å². The number of halogens is 1. The third-order valence-corrected chi connectivity index (χ3v) is 4.64. The van der Waals surface area contributed by atoms with Crippen LogP contribution in [0.15, 0.2) is 47.1 Å². The van der Waals surface area contributed by atoms with Gasteiger partial charge in [-0.25, -0.2) is 0 Å². The van der Waals surface area contributed by atoms with Gasteiger partial charge in [0.25, 0.3) is 0 Å². The van der Waals surface area contributed by atoms with Crippen molar-refractivity contribution in [1.82, 2.24) is 0 Å². The van der Waals surface area contributed by atoms with Crippen molar-refractivity contribution < 1.29 is 9.53 Å². The SMILES string of the molecule is CC1(C)CC(=O)C2=C(C1)OC(N)=C(C#N)[C@H]2c1ccccc1Cl. The van der Waals surface area contributed by atoms with Crippen LogP contribution in [0.2, 0.25) is 5.02 Å². The molecule has 0 spiro atoms. The summed E-state index contributed by atoms with van der Waals surface area (Å²) in [5, 5.41) is 10.0. The number of ketones is 1. The molecule has 5 heteroatoms. The molecule has 1 aliphatic heterocycles. The number of hydrogen-bond donors (Lipinski definition) is 1. The van der Waals surface area contributed by atoms with Gasteiger partial charge in [-0.05, 0) is 17.0 Å². The molecular formula is C18H17ClN2O2. The van der Waals surface area contributed by atoms with E-state index in [1.807, 2.05) is 32.0 Å². The number of allylic oxidation sites excluding steroid dienone is 3. The molecule has 3 rings (SSSR count). The first-order valence-corrected chi connectivity index (χ1v) is 7.80. The lowest BCUT2D eigenvalue weighted by Gasteiger charge is -2.37. The first kappa shape index (κ1) is 15.6. The average Bonchev–Trinajstić information content (AvgIpc) is 2.45. The van der Waals surface area contributed by atoms with Crippen LogP contribution >= 0.6 is 11.6 Å². The van der Waals surface area contributed by atoms with Gasteiger partial charge in [-0.15, -0.1) is 0 Å². The second-order valence-electron chi connectivity index (χ2n) is 6.72. The number of ether oxygens (including phenoxy) is 1. The van der Waals surface area contributed by atoms with Crippen molar-refractivity contribution in [3.63, 3.8) is 0 Å². The molecule has 1 aromatic rings. The van der Waals surface area contributed by atoms with Gasteiger partial charge in [-0.1, -0.05) is 43.6 Å². The van der Waals surface area contributed by atoms with Crippen LogP contribution in [0.4, 0.5) is 0 Å². The minimum absolute atomic E-state index is 0.0126. The smallest absolute Gasteiger partial charge is 0.205 e. The van der Waals surface area contributed by atoms with Crippen molar-refractivity contribution in [2.75, 3.05) is 0 Å². The van der Waals surface area contributed by atoms with E-state index in [4.69, 9.17) is 22.1 Å². The molecule has 4 nitrogen and oxygen atoms in total. The molecule has 0 saturated heterocycles. The Kier molecular flexibility index (Phi) is 3.69. The van der Waals surface area contributed by atoms with Gasteiger partial charge < -0.3 is 10.5 Å². The van der Waals surface area contributed by atoms with Crippen molar-refractivity contribution in [2.45, 2.75) is 32.6 Å². The monoisotopic (exact) mass is 328 g/mol. The molecule has 1 atom stereocenters. The number of Topliss-reactive ketones (excluding diaryl/α,β-unsaturated/α-hetero) is 1. The van der Waals surface area contributed by atoms with Crippen LogP contribution in [0.5, 0.6) is 0 Å². The summed E-state index contributed by atoms with van der Waals surface area (Å²) < 4.78 is 5.64.